The van der Waals surface area contributed by atoms with E-state index in [1.54, 1.807) is 0 Å². The number of aromatic nitrogens is 2. The Morgan fingerprint density at radius 1 is 1.40 bits per heavy atom. The molecule has 0 unspecified atom stereocenters. The Morgan fingerprint density at radius 3 is 2.96 bits per heavy atom. The molecule has 6 nitrogen and oxygen atoms in total. The summed E-state index contributed by atoms with van der Waals surface area (Å²) in [4.78, 5) is 12.5. The normalized spacial score (nSPS) is 27.2. The molecule has 4 rings (SSSR count). The summed E-state index contributed by atoms with van der Waals surface area (Å²) in [5, 5.41) is 11.6. The fraction of sp³-hybridized carbons (Fsp3) is 0.579. The maximum Gasteiger partial charge on any atom is 0.319 e. The number of urea groups is 1. The molecular formula is C19H26N4O2. The van der Waals surface area contributed by atoms with Crippen molar-refractivity contribution in [3.05, 3.63) is 24.4 Å². The summed E-state index contributed by atoms with van der Waals surface area (Å²) < 4.78 is 7.76. The van der Waals surface area contributed by atoms with E-state index in [4.69, 9.17) is 4.74 Å². The predicted octanol–water partition coefficient (Wildman–Crippen LogP) is 3.55. The van der Waals surface area contributed by atoms with Crippen molar-refractivity contribution < 1.29 is 9.53 Å². The number of amides is 2. The molecule has 0 spiro atoms. The summed E-state index contributed by atoms with van der Waals surface area (Å²) in [6.45, 7) is 9.32. The molecule has 1 saturated carbocycles. The number of carbonyl (C=O) groups excluding carboxylic acids is 1. The lowest BCUT2D eigenvalue weighted by molar-refractivity contribution is -0.107. The van der Waals surface area contributed by atoms with Gasteiger partial charge in [-0.2, -0.15) is 5.10 Å². The van der Waals surface area contributed by atoms with E-state index in [9.17, 15) is 4.79 Å². The second-order valence-electron chi connectivity index (χ2n) is 8.10. The van der Waals surface area contributed by atoms with Gasteiger partial charge in [-0.15, -0.1) is 0 Å². The van der Waals surface area contributed by atoms with Crippen LogP contribution in [0.4, 0.5) is 10.5 Å². The number of rotatable bonds is 3. The van der Waals surface area contributed by atoms with Crippen molar-refractivity contribution in [2.75, 3.05) is 11.9 Å². The van der Waals surface area contributed by atoms with Crippen LogP contribution in [0.15, 0.2) is 24.4 Å². The first kappa shape index (κ1) is 16.4. The fourth-order valence-corrected chi connectivity index (χ4v) is 4.45. The zero-order chi connectivity index (χ0) is 17.8. The van der Waals surface area contributed by atoms with E-state index in [1.165, 1.54) is 0 Å². The van der Waals surface area contributed by atoms with Crippen LogP contribution in [0.25, 0.3) is 10.9 Å². The molecule has 3 atom stereocenters. The highest BCUT2D eigenvalue weighted by Gasteiger charge is 2.59. The van der Waals surface area contributed by atoms with Gasteiger partial charge in [-0.25, -0.2) is 4.79 Å². The maximum absolute atomic E-state index is 12.5. The highest BCUT2D eigenvalue weighted by molar-refractivity contribution is 5.92. The molecule has 6 heteroatoms. The highest BCUT2D eigenvalue weighted by atomic mass is 16.5. The van der Waals surface area contributed by atoms with Crippen LogP contribution < -0.4 is 10.6 Å². The van der Waals surface area contributed by atoms with Crippen molar-refractivity contribution in [2.24, 2.45) is 11.3 Å². The zero-order valence-corrected chi connectivity index (χ0v) is 15.2. The molecule has 2 fully saturated rings. The molecule has 0 bridgehead atoms. The Morgan fingerprint density at radius 2 is 2.20 bits per heavy atom. The minimum atomic E-state index is -0.154. The second-order valence-corrected chi connectivity index (χ2v) is 8.10. The quantitative estimate of drug-likeness (QED) is 0.896. The Hall–Kier alpha value is -2.08. The summed E-state index contributed by atoms with van der Waals surface area (Å²) in [7, 11) is 0. The van der Waals surface area contributed by atoms with Gasteiger partial charge in [0.15, 0.2) is 0 Å². The van der Waals surface area contributed by atoms with Crippen molar-refractivity contribution in [1.29, 1.82) is 0 Å². The van der Waals surface area contributed by atoms with Crippen molar-refractivity contribution in [2.45, 2.75) is 52.3 Å². The number of hydrogen-bond donors (Lipinski definition) is 2. The van der Waals surface area contributed by atoms with E-state index >= 15 is 0 Å². The molecule has 2 amide bonds. The van der Waals surface area contributed by atoms with Crippen molar-refractivity contribution in [3.8, 4) is 0 Å². The Labute approximate surface area is 147 Å². The van der Waals surface area contributed by atoms with E-state index in [0.717, 1.165) is 29.6 Å². The first-order valence-electron chi connectivity index (χ1n) is 9.04. The molecule has 1 aliphatic carbocycles. The van der Waals surface area contributed by atoms with E-state index < -0.39 is 0 Å². The predicted molar refractivity (Wildman–Crippen MR) is 97.7 cm³/mol. The van der Waals surface area contributed by atoms with Crippen LogP contribution in [0.2, 0.25) is 0 Å². The number of anilines is 1. The minimum Gasteiger partial charge on any atom is -0.377 e. The number of carbonyl (C=O) groups is 1. The van der Waals surface area contributed by atoms with E-state index in [0.29, 0.717) is 5.92 Å². The fourth-order valence-electron chi connectivity index (χ4n) is 4.45. The SMILES string of the molecule is CC(C)n1ncc2ccc(NC(=O)N[C@@H]3[C@@H]4CCO[C@@H]4C3(C)C)cc21. The Bertz CT molecular complexity index is 811. The molecule has 2 aliphatic rings. The van der Waals surface area contributed by atoms with Crippen LogP contribution in [0, 0.1) is 11.3 Å². The number of fused-ring (bicyclic) bond motifs is 2. The lowest BCUT2D eigenvalue weighted by Gasteiger charge is -2.54. The summed E-state index contributed by atoms with van der Waals surface area (Å²) in [5.41, 5.74) is 1.79. The van der Waals surface area contributed by atoms with Crippen LogP contribution in [-0.2, 0) is 4.74 Å². The van der Waals surface area contributed by atoms with Crippen LogP contribution in [-0.4, -0.2) is 34.6 Å². The molecule has 0 radical (unpaired) electrons. The van der Waals surface area contributed by atoms with Gasteiger partial charge in [-0.05, 0) is 38.5 Å². The van der Waals surface area contributed by atoms with Crippen LogP contribution in [0.1, 0.15) is 40.2 Å². The third-order valence-corrected chi connectivity index (χ3v) is 5.73. The smallest absolute Gasteiger partial charge is 0.319 e. The zero-order valence-electron chi connectivity index (χ0n) is 15.2. The van der Waals surface area contributed by atoms with Gasteiger partial charge in [0.2, 0.25) is 0 Å². The van der Waals surface area contributed by atoms with Gasteiger partial charge in [-0.1, -0.05) is 13.8 Å². The number of nitrogens with one attached hydrogen (secondary N) is 2. The maximum atomic E-state index is 12.5. The molecule has 1 aromatic heterocycles. The lowest BCUT2D eigenvalue weighted by atomic mass is 9.57. The topological polar surface area (TPSA) is 68.2 Å². The van der Waals surface area contributed by atoms with E-state index in [1.807, 2.05) is 29.1 Å². The summed E-state index contributed by atoms with van der Waals surface area (Å²) >= 11 is 0. The molecule has 2 aromatic rings. The Kier molecular flexibility index (Phi) is 3.76. The number of hydrogen-bond acceptors (Lipinski definition) is 3. The van der Waals surface area contributed by atoms with Gasteiger partial charge in [0.25, 0.3) is 0 Å². The van der Waals surface area contributed by atoms with Gasteiger partial charge < -0.3 is 15.4 Å². The average Bonchev–Trinajstić information content (AvgIpc) is 3.18. The summed E-state index contributed by atoms with van der Waals surface area (Å²) in [5.74, 6) is 0.436. The van der Waals surface area contributed by atoms with Gasteiger partial charge >= 0.3 is 6.03 Å². The number of nitrogens with zero attached hydrogens (tertiary/aromatic N) is 2. The van der Waals surface area contributed by atoms with Crippen LogP contribution in [0.3, 0.4) is 0 Å². The van der Waals surface area contributed by atoms with Gasteiger partial charge in [0.1, 0.15) is 0 Å². The third kappa shape index (κ3) is 2.59. The molecule has 2 heterocycles. The first-order valence-corrected chi connectivity index (χ1v) is 9.04. The van der Waals surface area contributed by atoms with Crippen LogP contribution in [0.5, 0.6) is 0 Å². The summed E-state index contributed by atoms with van der Waals surface area (Å²) in [6, 6.07) is 6.17. The minimum absolute atomic E-state index is 0.0152. The Balaban J connectivity index is 1.48. The molecule has 1 aromatic carbocycles. The lowest BCUT2D eigenvalue weighted by Crippen LogP contribution is -2.67. The first-order chi connectivity index (χ1) is 11.9. The number of ether oxygens (including phenoxy) is 1. The van der Waals surface area contributed by atoms with Gasteiger partial charge in [-0.3, -0.25) is 4.68 Å². The largest absolute Gasteiger partial charge is 0.377 e. The van der Waals surface area contributed by atoms with Gasteiger partial charge in [0, 0.05) is 41.1 Å². The van der Waals surface area contributed by atoms with Crippen molar-refractivity contribution in [3.63, 3.8) is 0 Å². The van der Waals surface area contributed by atoms with Crippen LogP contribution >= 0.6 is 0 Å². The molecule has 1 saturated heterocycles. The second kappa shape index (κ2) is 5.73. The molecule has 134 valence electrons. The van der Waals surface area contributed by atoms with E-state index in [2.05, 4.69) is 43.4 Å². The van der Waals surface area contributed by atoms with Crippen molar-refractivity contribution in [1.82, 2.24) is 15.1 Å². The third-order valence-electron chi connectivity index (χ3n) is 5.73. The molecule has 25 heavy (non-hydrogen) atoms. The number of benzene rings is 1. The summed E-state index contributed by atoms with van der Waals surface area (Å²) in [6.07, 6.45) is 3.16. The molecule has 1 aliphatic heterocycles. The molecule has 2 N–H and O–H groups in total. The van der Waals surface area contributed by atoms with Crippen molar-refractivity contribution >= 4 is 22.6 Å². The monoisotopic (exact) mass is 342 g/mol. The van der Waals surface area contributed by atoms with E-state index in [-0.39, 0.29) is 29.6 Å². The highest BCUT2D eigenvalue weighted by Crippen LogP contribution is 2.52. The standard InChI is InChI=1S/C19H26N4O2/c1-11(2)23-15-9-13(6-5-12(15)10-20-23)21-18(24)22-16-14-7-8-25-17(14)19(16,3)4/h5-6,9-11,14,16-17H,7-8H2,1-4H3,(H2,21,22,24)/t14-,16+,17-/m0/s1. The average molecular weight is 342 g/mol. The van der Waals surface area contributed by atoms with Gasteiger partial charge in [0.05, 0.1) is 17.8 Å². The molecular weight excluding hydrogens is 316 g/mol.